The Kier molecular flexibility index (Phi) is 4.54. The molecule has 0 saturated carbocycles. The number of rotatable bonds is 3. The summed E-state index contributed by atoms with van der Waals surface area (Å²) in [4.78, 5) is 24.4. The zero-order valence-corrected chi connectivity index (χ0v) is 16.5. The van der Waals surface area contributed by atoms with Crippen LogP contribution < -0.4 is 4.74 Å². The molecule has 2 unspecified atom stereocenters. The maximum absolute atomic E-state index is 12.4. The van der Waals surface area contributed by atoms with Gasteiger partial charge in [-0.2, -0.15) is 4.99 Å². The van der Waals surface area contributed by atoms with Crippen LogP contribution in [0, 0.1) is 5.92 Å². The number of ether oxygens (including phenoxy) is 1. The van der Waals surface area contributed by atoms with Gasteiger partial charge in [0.05, 0.1) is 30.1 Å². The van der Waals surface area contributed by atoms with Gasteiger partial charge in [0.2, 0.25) is 5.95 Å². The van der Waals surface area contributed by atoms with Gasteiger partial charge in [0, 0.05) is 13.1 Å². The Labute approximate surface area is 169 Å². The molecule has 3 aromatic rings. The van der Waals surface area contributed by atoms with Gasteiger partial charge in [-0.1, -0.05) is 24.3 Å². The minimum atomic E-state index is -0.355. The highest BCUT2D eigenvalue weighted by Gasteiger charge is 2.38. The maximum Gasteiger partial charge on any atom is 0.232 e. The molecule has 1 aromatic heterocycles. The molecule has 6 nitrogen and oxygen atoms in total. The van der Waals surface area contributed by atoms with Crippen molar-refractivity contribution >= 4 is 29.1 Å². The molecule has 2 aromatic carbocycles. The summed E-state index contributed by atoms with van der Waals surface area (Å²) in [6.45, 7) is 1.89. The van der Waals surface area contributed by atoms with Crippen molar-refractivity contribution in [3.05, 3.63) is 54.1 Å². The van der Waals surface area contributed by atoms with E-state index in [4.69, 9.17) is 14.7 Å². The van der Waals surface area contributed by atoms with Crippen LogP contribution in [0.4, 0.5) is 5.95 Å². The van der Waals surface area contributed by atoms with Crippen LogP contribution in [0.2, 0.25) is 0 Å². The number of methoxy groups -OCH3 is 1. The number of hydrogen-bond donors (Lipinski definition) is 0. The number of aliphatic imine (C=N–C) groups is 1. The van der Waals surface area contributed by atoms with Crippen LogP contribution in [0.5, 0.6) is 5.75 Å². The third kappa shape index (κ3) is 2.99. The molecular formula is C23H24N4O2. The zero-order chi connectivity index (χ0) is 19.8. The third-order valence-corrected chi connectivity index (χ3v) is 5.99. The topological polar surface area (TPSA) is 59.7 Å². The summed E-state index contributed by atoms with van der Waals surface area (Å²) < 4.78 is 7.44. The molecule has 0 bridgehead atoms. The predicted octanol–water partition coefficient (Wildman–Crippen LogP) is 3.98. The van der Waals surface area contributed by atoms with E-state index in [-0.39, 0.29) is 12.0 Å². The molecule has 0 amide bonds. The Morgan fingerprint density at radius 3 is 2.52 bits per heavy atom. The smallest absolute Gasteiger partial charge is 0.232 e. The average molecular weight is 388 g/mol. The second kappa shape index (κ2) is 7.35. The predicted molar refractivity (Wildman–Crippen MR) is 113 cm³/mol. The number of fused-ring (bicyclic) bond motifs is 3. The normalized spacial score (nSPS) is 21.6. The van der Waals surface area contributed by atoms with E-state index in [2.05, 4.69) is 9.47 Å². The quantitative estimate of drug-likeness (QED) is 0.637. The number of likely N-dealkylation sites (tertiary alicyclic amines) is 1. The molecule has 3 heterocycles. The summed E-state index contributed by atoms with van der Waals surface area (Å²) in [7, 11) is 1.66. The van der Waals surface area contributed by atoms with Crippen molar-refractivity contribution in [2.45, 2.75) is 25.3 Å². The van der Waals surface area contributed by atoms with Gasteiger partial charge in [0.1, 0.15) is 17.9 Å². The number of imidazole rings is 1. The molecule has 29 heavy (non-hydrogen) atoms. The van der Waals surface area contributed by atoms with Gasteiger partial charge in [0.25, 0.3) is 0 Å². The second-order valence-electron chi connectivity index (χ2n) is 7.67. The van der Waals surface area contributed by atoms with Crippen LogP contribution in [-0.2, 0) is 4.79 Å². The first-order chi connectivity index (χ1) is 14.3. The molecule has 0 radical (unpaired) electrons. The van der Waals surface area contributed by atoms with Gasteiger partial charge in [-0.15, -0.1) is 0 Å². The highest BCUT2D eigenvalue weighted by atomic mass is 16.5. The summed E-state index contributed by atoms with van der Waals surface area (Å²) in [6, 6.07) is 15.8. The summed E-state index contributed by atoms with van der Waals surface area (Å²) >= 11 is 0. The molecule has 0 spiro atoms. The standard InChI is InChI=1S/C23H24N4O2/c1-29-17-11-9-16(10-12-17)21-18(15-28)22(26-13-5-2-6-14-26)25-23-24-19-7-3-4-8-20(19)27(21)23/h3-4,7-12,15,18,21H,2,5-6,13-14H2,1H3. The SMILES string of the molecule is COc1ccc(C2C(C=O)C(N3CCCCC3)=Nc3nc4ccccc4n32)cc1. The molecule has 2 atom stereocenters. The molecular weight excluding hydrogens is 364 g/mol. The second-order valence-corrected chi connectivity index (χ2v) is 7.67. The summed E-state index contributed by atoms with van der Waals surface area (Å²) in [5.74, 6) is 1.97. The molecule has 0 aliphatic carbocycles. The number of piperidine rings is 1. The first-order valence-corrected chi connectivity index (χ1v) is 10.2. The van der Waals surface area contributed by atoms with Crippen LogP contribution in [0.3, 0.4) is 0 Å². The number of para-hydroxylation sites is 2. The van der Waals surface area contributed by atoms with E-state index in [9.17, 15) is 4.79 Å². The van der Waals surface area contributed by atoms with Gasteiger partial charge in [0.15, 0.2) is 0 Å². The van der Waals surface area contributed by atoms with E-state index in [1.54, 1.807) is 7.11 Å². The fraction of sp³-hybridized carbons (Fsp3) is 0.348. The first kappa shape index (κ1) is 17.9. The van der Waals surface area contributed by atoms with E-state index >= 15 is 0 Å². The number of amidine groups is 1. The van der Waals surface area contributed by atoms with Gasteiger partial charge in [-0.25, -0.2) is 4.98 Å². The average Bonchev–Trinajstić information content (AvgIpc) is 3.16. The number of hydrogen-bond acceptors (Lipinski definition) is 5. The van der Waals surface area contributed by atoms with Gasteiger partial charge >= 0.3 is 0 Å². The van der Waals surface area contributed by atoms with Crippen molar-refractivity contribution in [2.75, 3.05) is 20.2 Å². The largest absolute Gasteiger partial charge is 0.497 e. The lowest BCUT2D eigenvalue weighted by Gasteiger charge is -2.38. The minimum absolute atomic E-state index is 0.185. The summed E-state index contributed by atoms with van der Waals surface area (Å²) in [6.07, 6.45) is 4.55. The van der Waals surface area contributed by atoms with E-state index < -0.39 is 0 Å². The van der Waals surface area contributed by atoms with Gasteiger partial charge < -0.3 is 14.4 Å². The molecule has 1 saturated heterocycles. The highest BCUT2D eigenvalue weighted by Crippen LogP contribution is 2.40. The Morgan fingerprint density at radius 2 is 1.79 bits per heavy atom. The molecule has 1 fully saturated rings. The minimum Gasteiger partial charge on any atom is -0.497 e. The molecule has 0 N–H and O–H groups in total. The Bertz CT molecular complexity index is 1060. The van der Waals surface area contributed by atoms with Crippen molar-refractivity contribution in [3.8, 4) is 5.75 Å². The Morgan fingerprint density at radius 1 is 1.03 bits per heavy atom. The number of benzene rings is 2. The van der Waals surface area contributed by atoms with Gasteiger partial charge in [-0.05, 0) is 49.1 Å². The summed E-state index contributed by atoms with van der Waals surface area (Å²) in [5, 5.41) is 0. The fourth-order valence-corrected chi connectivity index (χ4v) is 4.56. The molecule has 5 rings (SSSR count). The number of carbonyl (C=O) groups excluding carboxylic acids is 1. The van der Waals surface area contributed by atoms with E-state index in [1.165, 1.54) is 6.42 Å². The number of aldehydes is 1. The lowest BCUT2D eigenvalue weighted by atomic mass is 9.90. The zero-order valence-electron chi connectivity index (χ0n) is 16.5. The fourth-order valence-electron chi connectivity index (χ4n) is 4.56. The monoisotopic (exact) mass is 388 g/mol. The van der Waals surface area contributed by atoms with Crippen LogP contribution in [-0.4, -0.2) is 46.8 Å². The van der Waals surface area contributed by atoms with Crippen LogP contribution >= 0.6 is 0 Å². The number of nitrogens with zero attached hydrogens (tertiary/aromatic N) is 4. The van der Waals surface area contributed by atoms with Crippen molar-refractivity contribution in [1.29, 1.82) is 0 Å². The molecule has 2 aliphatic rings. The molecule has 148 valence electrons. The Balaban J connectivity index is 1.71. The van der Waals surface area contributed by atoms with Crippen LogP contribution in [0.25, 0.3) is 11.0 Å². The van der Waals surface area contributed by atoms with Crippen molar-refractivity contribution in [2.24, 2.45) is 10.9 Å². The van der Waals surface area contributed by atoms with Gasteiger partial charge in [-0.3, -0.25) is 4.57 Å². The third-order valence-electron chi connectivity index (χ3n) is 5.99. The van der Waals surface area contributed by atoms with Crippen molar-refractivity contribution in [1.82, 2.24) is 14.5 Å². The van der Waals surface area contributed by atoms with Crippen molar-refractivity contribution in [3.63, 3.8) is 0 Å². The first-order valence-electron chi connectivity index (χ1n) is 10.2. The van der Waals surface area contributed by atoms with Crippen LogP contribution in [0.15, 0.2) is 53.5 Å². The van der Waals surface area contributed by atoms with Crippen LogP contribution in [0.1, 0.15) is 30.9 Å². The van der Waals surface area contributed by atoms with E-state index in [0.29, 0.717) is 5.95 Å². The Hall–Kier alpha value is -3.15. The van der Waals surface area contributed by atoms with Crippen molar-refractivity contribution < 1.29 is 9.53 Å². The highest BCUT2D eigenvalue weighted by molar-refractivity contribution is 6.00. The number of carbonyl (C=O) groups is 1. The number of aromatic nitrogens is 2. The van der Waals surface area contributed by atoms with E-state index in [0.717, 1.165) is 60.4 Å². The van der Waals surface area contributed by atoms with E-state index in [1.807, 2.05) is 48.5 Å². The lowest BCUT2D eigenvalue weighted by molar-refractivity contribution is -0.110. The maximum atomic E-state index is 12.4. The molecule has 2 aliphatic heterocycles. The summed E-state index contributed by atoms with van der Waals surface area (Å²) in [5.41, 5.74) is 2.95. The molecule has 6 heteroatoms. The lowest BCUT2D eigenvalue weighted by Crippen LogP contribution is -2.45.